The zero-order valence-electron chi connectivity index (χ0n) is 5.36. The number of nitrogens with one attached hydrogen (secondary N) is 1. The summed E-state index contributed by atoms with van der Waals surface area (Å²) in [5, 5.41) is 2.84. The van der Waals surface area contributed by atoms with E-state index in [1.807, 2.05) is 20.2 Å². The normalized spacial score (nSPS) is 8.25. The molecule has 0 aliphatic carbocycles. The van der Waals surface area contributed by atoms with Crippen molar-refractivity contribution in [2.75, 3.05) is 7.05 Å². The van der Waals surface area contributed by atoms with Crippen LogP contribution in [-0.2, 0) is 0 Å². The van der Waals surface area contributed by atoms with Crippen molar-refractivity contribution in [3.05, 3.63) is 12.3 Å². The highest BCUT2D eigenvalue weighted by Crippen LogP contribution is 1.67. The van der Waals surface area contributed by atoms with Crippen molar-refractivity contribution in [2.24, 2.45) is 0 Å². The van der Waals surface area contributed by atoms with Crippen LogP contribution in [0.15, 0.2) is 12.3 Å². The summed E-state index contributed by atoms with van der Waals surface area (Å²) in [7, 11) is 1.85. The summed E-state index contributed by atoms with van der Waals surface area (Å²) in [4.78, 5) is 0. The van der Waals surface area contributed by atoms with E-state index >= 15 is 0 Å². The minimum atomic E-state index is 0.925. The molecule has 0 aromatic rings. The second-order valence-electron chi connectivity index (χ2n) is 1.30. The molecule has 8 heavy (non-hydrogen) atoms. The van der Waals surface area contributed by atoms with Gasteiger partial charge in [0.1, 0.15) is 0 Å². The van der Waals surface area contributed by atoms with Crippen molar-refractivity contribution in [3.8, 4) is 11.8 Å². The predicted molar refractivity (Wildman–Crippen MR) is 36.3 cm³/mol. The van der Waals surface area contributed by atoms with Gasteiger partial charge in [0.15, 0.2) is 0 Å². The fourth-order valence-electron chi connectivity index (χ4n) is 0.286. The van der Waals surface area contributed by atoms with Gasteiger partial charge < -0.3 is 5.32 Å². The molecule has 0 heterocycles. The fraction of sp³-hybridized carbons (Fsp3) is 0.429. The lowest BCUT2D eigenvalue weighted by atomic mass is 10.4. The van der Waals surface area contributed by atoms with E-state index in [0.717, 1.165) is 6.42 Å². The summed E-state index contributed by atoms with van der Waals surface area (Å²) in [6.45, 7) is 2.03. The topological polar surface area (TPSA) is 12.0 Å². The van der Waals surface area contributed by atoms with Gasteiger partial charge in [-0.3, -0.25) is 0 Å². The molecule has 0 fully saturated rings. The number of allylic oxidation sites excluding steroid dienone is 1. The molecule has 0 amide bonds. The summed E-state index contributed by atoms with van der Waals surface area (Å²) in [5.74, 6) is 5.75. The molecular formula is C7H11N. The van der Waals surface area contributed by atoms with E-state index in [0.29, 0.717) is 0 Å². The van der Waals surface area contributed by atoms with Gasteiger partial charge in [-0.2, -0.15) is 0 Å². The molecule has 0 aliphatic heterocycles. The van der Waals surface area contributed by atoms with Crippen LogP contribution in [-0.4, -0.2) is 7.05 Å². The van der Waals surface area contributed by atoms with Crippen molar-refractivity contribution in [2.45, 2.75) is 13.3 Å². The Morgan fingerprint density at radius 3 is 2.88 bits per heavy atom. The standard InChI is InChI=1S/C7H11N/c1-3-4-5-6-7-8-2/h6-8H,3H2,1-2H3/b7-6-. The molecule has 0 saturated carbocycles. The zero-order chi connectivity index (χ0) is 6.24. The van der Waals surface area contributed by atoms with Crippen molar-refractivity contribution in [1.82, 2.24) is 5.32 Å². The molecule has 1 nitrogen and oxygen atoms in total. The van der Waals surface area contributed by atoms with E-state index in [-0.39, 0.29) is 0 Å². The first-order valence-corrected chi connectivity index (χ1v) is 2.72. The lowest BCUT2D eigenvalue weighted by Gasteiger charge is -1.76. The van der Waals surface area contributed by atoms with E-state index in [1.165, 1.54) is 0 Å². The van der Waals surface area contributed by atoms with Gasteiger partial charge in [0.25, 0.3) is 0 Å². The highest BCUT2D eigenvalue weighted by Gasteiger charge is 1.57. The Balaban J connectivity index is 3.26. The second kappa shape index (κ2) is 6.10. The Morgan fingerprint density at radius 2 is 2.38 bits per heavy atom. The Kier molecular flexibility index (Phi) is 5.41. The lowest BCUT2D eigenvalue weighted by Crippen LogP contribution is -1.89. The third kappa shape index (κ3) is 5.10. The van der Waals surface area contributed by atoms with Crippen LogP contribution >= 0.6 is 0 Å². The van der Waals surface area contributed by atoms with Crippen molar-refractivity contribution < 1.29 is 0 Å². The van der Waals surface area contributed by atoms with Crippen molar-refractivity contribution >= 4 is 0 Å². The minimum absolute atomic E-state index is 0.925. The molecule has 0 radical (unpaired) electrons. The van der Waals surface area contributed by atoms with Crippen LogP contribution in [0.2, 0.25) is 0 Å². The van der Waals surface area contributed by atoms with E-state index < -0.39 is 0 Å². The van der Waals surface area contributed by atoms with E-state index in [4.69, 9.17) is 0 Å². The van der Waals surface area contributed by atoms with Gasteiger partial charge in [0.2, 0.25) is 0 Å². The maximum Gasteiger partial charge on any atom is 0.00638 e. The first kappa shape index (κ1) is 7.10. The molecule has 1 N–H and O–H groups in total. The second-order valence-corrected chi connectivity index (χ2v) is 1.30. The van der Waals surface area contributed by atoms with E-state index in [2.05, 4.69) is 17.2 Å². The lowest BCUT2D eigenvalue weighted by molar-refractivity contribution is 1.10. The molecule has 44 valence electrons. The summed E-state index contributed by atoms with van der Waals surface area (Å²) in [5.41, 5.74) is 0. The van der Waals surface area contributed by atoms with Crippen LogP contribution in [0, 0.1) is 11.8 Å². The molecule has 0 aromatic heterocycles. The molecule has 0 aromatic carbocycles. The van der Waals surface area contributed by atoms with Crippen LogP contribution in [0.5, 0.6) is 0 Å². The van der Waals surface area contributed by atoms with Crippen LogP contribution in [0.3, 0.4) is 0 Å². The SMILES string of the molecule is CCC#C/C=C\NC. The Hall–Kier alpha value is -0.900. The molecule has 0 saturated heterocycles. The number of hydrogen-bond donors (Lipinski definition) is 1. The van der Waals surface area contributed by atoms with Gasteiger partial charge in [-0.25, -0.2) is 0 Å². The fourth-order valence-corrected chi connectivity index (χ4v) is 0.286. The molecule has 0 spiro atoms. The van der Waals surface area contributed by atoms with Crippen LogP contribution in [0.1, 0.15) is 13.3 Å². The molecule has 0 atom stereocenters. The predicted octanol–water partition coefficient (Wildman–Crippen LogP) is 1.13. The van der Waals surface area contributed by atoms with Gasteiger partial charge in [-0.05, 0) is 0 Å². The van der Waals surface area contributed by atoms with Gasteiger partial charge in [0, 0.05) is 25.7 Å². The average Bonchev–Trinajstić information content (AvgIpc) is 1.81. The minimum Gasteiger partial charge on any atom is -0.393 e. The molecule has 0 unspecified atom stereocenters. The molecule has 0 rings (SSSR count). The van der Waals surface area contributed by atoms with Gasteiger partial charge >= 0.3 is 0 Å². The van der Waals surface area contributed by atoms with E-state index in [1.54, 1.807) is 6.08 Å². The molecule has 0 bridgehead atoms. The first-order chi connectivity index (χ1) is 3.91. The quantitative estimate of drug-likeness (QED) is 0.498. The van der Waals surface area contributed by atoms with Crippen LogP contribution in [0.4, 0.5) is 0 Å². The Bertz CT molecular complexity index is 114. The molecular weight excluding hydrogens is 98.1 g/mol. The first-order valence-electron chi connectivity index (χ1n) is 2.72. The molecule has 0 aliphatic rings. The Labute approximate surface area is 50.8 Å². The Morgan fingerprint density at radius 1 is 1.62 bits per heavy atom. The average molecular weight is 109 g/mol. The summed E-state index contributed by atoms with van der Waals surface area (Å²) >= 11 is 0. The van der Waals surface area contributed by atoms with Gasteiger partial charge in [-0.1, -0.05) is 18.8 Å². The summed E-state index contributed by atoms with van der Waals surface area (Å²) < 4.78 is 0. The smallest absolute Gasteiger partial charge is 0.00638 e. The zero-order valence-corrected chi connectivity index (χ0v) is 5.36. The third-order valence-corrected chi connectivity index (χ3v) is 0.612. The molecule has 1 heteroatoms. The van der Waals surface area contributed by atoms with E-state index in [9.17, 15) is 0 Å². The largest absolute Gasteiger partial charge is 0.393 e. The summed E-state index contributed by atoms with van der Waals surface area (Å²) in [6.07, 6.45) is 4.53. The van der Waals surface area contributed by atoms with Crippen LogP contribution in [0.25, 0.3) is 0 Å². The van der Waals surface area contributed by atoms with Gasteiger partial charge in [-0.15, -0.1) is 0 Å². The third-order valence-electron chi connectivity index (χ3n) is 0.612. The van der Waals surface area contributed by atoms with Gasteiger partial charge in [0.05, 0.1) is 0 Å². The summed E-state index contributed by atoms with van der Waals surface area (Å²) in [6, 6.07) is 0. The maximum atomic E-state index is 2.91. The monoisotopic (exact) mass is 109 g/mol. The maximum absolute atomic E-state index is 2.91. The van der Waals surface area contributed by atoms with Crippen molar-refractivity contribution in [1.29, 1.82) is 0 Å². The van der Waals surface area contributed by atoms with Crippen molar-refractivity contribution in [3.63, 3.8) is 0 Å². The highest BCUT2D eigenvalue weighted by molar-refractivity contribution is 5.13. The highest BCUT2D eigenvalue weighted by atomic mass is 14.8. The number of rotatable bonds is 1. The van der Waals surface area contributed by atoms with Crippen LogP contribution < -0.4 is 5.32 Å². The number of hydrogen-bond acceptors (Lipinski definition) is 1.